The first kappa shape index (κ1) is 21.4. The number of hydrogen-bond donors (Lipinski definition) is 1. The first-order chi connectivity index (χ1) is 15.0. The molecule has 31 heavy (non-hydrogen) atoms. The summed E-state index contributed by atoms with van der Waals surface area (Å²) in [5.41, 5.74) is 5.20. The van der Waals surface area contributed by atoms with Gasteiger partial charge in [-0.25, -0.2) is 4.98 Å². The lowest BCUT2D eigenvalue weighted by Crippen LogP contribution is -2.28. The molecule has 0 fully saturated rings. The molecule has 6 heteroatoms. The van der Waals surface area contributed by atoms with Gasteiger partial charge in [-0.2, -0.15) is 0 Å². The molecule has 4 rings (SSSR count). The van der Waals surface area contributed by atoms with E-state index in [1.807, 2.05) is 67.6 Å². The van der Waals surface area contributed by atoms with E-state index in [9.17, 15) is 4.79 Å². The molecule has 1 heterocycles. The molecule has 0 aliphatic carbocycles. The standard InChI is InChI=1S/C25H23Cl2N3O/c1-17-6-2-3-7-19(17)15-25(31)28-13-12-24-29-22-8-4-5-9-23(22)30(24)16-18-10-11-20(26)21(27)14-18/h2-11,14H,12-13,15-16H2,1H3,(H,28,31). The molecular weight excluding hydrogens is 429 g/mol. The number of fused-ring (bicyclic) bond motifs is 1. The van der Waals surface area contributed by atoms with Crippen molar-refractivity contribution in [2.75, 3.05) is 6.54 Å². The first-order valence-electron chi connectivity index (χ1n) is 10.2. The molecule has 4 aromatic rings. The predicted octanol–water partition coefficient (Wildman–Crippen LogP) is 5.60. The number of nitrogens with zero attached hydrogens (tertiary/aromatic N) is 2. The van der Waals surface area contributed by atoms with Crippen molar-refractivity contribution in [1.29, 1.82) is 0 Å². The summed E-state index contributed by atoms with van der Waals surface area (Å²) in [5, 5.41) is 4.10. The maximum absolute atomic E-state index is 12.4. The fourth-order valence-electron chi connectivity index (χ4n) is 3.67. The summed E-state index contributed by atoms with van der Waals surface area (Å²) in [6.45, 7) is 3.17. The number of hydrogen-bond acceptors (Lipinski definition) is 2. The molecule has 0 aliphatic rings. The Morgan fingerprint density at radius 1 is 1.00 bits per heavy atom. The molecule has 0 aliphatic heterocycles. The van der Waals surface area contributed by atoms with Gasteiger partial charge >= 0.3 is 0 Å². The van der Waals surface area contributed by atoms with Gasteiger partial charge in [0.2, 0.25) is 5.91 Å². The highest BCUT2D eigenvalue weighted by Gasteiger charge is 2.12. The van der Waals surface area contributed by atoms with Gasteiger partial charge in [-0.1, -0.05) is 65.7 Å². The topological polar surface area (TPSA) is 46.9 Å². The van der Waals surface area contributed by atoms with Crippen molar-refractivity contribution >= 4 is 40.1 Å². The van der Waals surface area contributed by atoms with E-state index in [1.54, 1.807) is 0 Å². The van der Waals surface area contributed by atoms with Gasteiger partial charge in [-0.3, -0.25) is 4.79 Å². The number of aryl methyl sites for hydroxylation is 1. The van der Waals surface area contributed by atoms with E-state index in [2.05, 4.69) is 16.0 Å². The lowest BCUT2D eigenvalue weighted by molar-refractivity contribution is -0.120. The van der Waals surface area contributed by atoms with Crippen LogP contribution in [0.2, 0.25) is 10.0 Å². The highest BCUT2D eigenvalue weighted by molar-refractivity contribution is 6.42. The van der Waals surface area contributed by atoms with Crippen molar-refractivity contribution in [3.63, 3.8) is 0 Å². The largest absolute Gasteiger partial charge is 0.355 e. The van der Waals surface area contributed by atoms with Crippen LogP contribution in [0.3, 0.4) is 0 Å². The third-order valence-electron chi connectivity index (χ3n) is 5.34. The number of nitrogens with one attached hydrogen (secondary N) is 1. The van der Waals surface area contributed by atoms with E-state index in [0.29, 0.717) is 36.0 Å². The number of halogens is 2. The predicted molar refractivity (Wildman–Crippen MR) is 127 cm³/mol. The number of imidazole rings is 1. The van der Waals surface area contributed by atoms with Gasteiger partial charge in [-0.15, -0.1) is 0 Å². The van der Waals surface area contributed by atoms with Crippen LogP contribution in [-0.4, -0.2) is 22.0 Å². The quantitative estimate of drug-likeness (QED) is 0.397. The third-order valence-corrected chi connectivity index (χ3v) is 6.08. The molecular formula is C25H23Cl2N3O. The summed E-state index contributed by atoms with van der Waals surface area (Å²) in [6.07, 6.45) is 1.02. The second-order valence-electron chi connectivity index (χ2n) is 7.55. The Morgan fingerprint density at radius 2 is 1.77 bits per heavy atom. The maximum Gasteiger partial charge on any atom is 0.224 e. The molecule has 1 amide bonds. The number of carbonyl (C=O) groups is 1. The summed E-state index contributed by atoms with van der Waals surface area (Å²) >= 11 is 12.3. The van der Waals surface area contributed by atoms with Gasteiger partial charge in [-0.05, 0) is 47.9 Å². The smallest absolute Gasteiger partial charge is 0.224 e. The molecule has 4 nitrogen and oxygen atoms in total. The van der Waals surface area contributed by atoms with Gasteiger partial charge < -0.3 is 9.88 Å². The van der Waals surface area contributed by atoms with Gasteiger partial charge in [0.25, 0.3) is 0 Å². The average Bonchev–Trinajstić information content (AvgIpc) is 3.10. The normalized spacial score (nSPS) is 11.1. The van der Waals surface area contributed by atoms with Crippen molar-refractivity contribution in [3.05, 3.63) is 99.3 Å². The Balaban J connectivity index is 1.48. The van der Waals surface area contributed by atoms with Crippen LogP contribution in [-0.2, 0) is 24.2 Å². The number of aromatic nitrogens is 2. The Hall–Kier alpha value is -2.82. The van der Waals surface area contributed by atoms with Crippen LogP contribution >= 0.6 is 23.2 Å². The Kier molecular flexibility index (Phi) is 6.59. The summed E-state index contributed by atoms with van der Waals surface area (Å²) in [7, 11) is 0. The van der Waals surface area contributed by atoms with Crippen molar-refractivity contribution in [1.82, 2.24) is 14.9 Å². The lowest BCUT2D eigenvalue weighted by atomic mass is 10.1. The van der Waals surface area contributed by atoms with E-state index >= 15 is 0 Å². The molecule has 158 valence electrons. The monoisotopic (exact) mass is 451 g/mol. The summed E-state index contributed by atoms with van der Waals surface area (Å²) in [4.78, 5) is 17.2. The SMILES string of the molecule is Cc1ccccc1CC(=O)NCCc1nc2ccccc2n1Cc1ccc(Cl)c(Cl)c1. The number of amides is 1. The lowest BCUT2D eigenvalue weighted by Gasteiger charge is -2.11. The van der Waals surface area contributed by atoms with E-state index in [0.717, 1.165) is 33.5 Å². The van der Waals surface area contributed by atoms with Crippen molar-refractivity contribution < 1.29 is 4.79 Å². The van der Waals surface area contributed by atoms with Crippen LogP contribution in [0.4, 0.5) is 0 Å². The molecule has 0 bridgehead atoms. The van der Waals surface area contributed by atoms with E-state index in [-0.39, 0.29) is 5.91 Å². The third kappa shape index (κ3) is 5.09. The second kappa shape index (κ2) is 9.54. The number of benzene rings is 3. The molecule has 0 atom stereocenters. The number of carbonyl (C=O) groups excluding carboxylic acids is 1. The minimum absolute atomic E-state index is 0.0152. The molecule has 3 aromatic carbocycles. The van der Waals surface area contributed by atoms with Gasteiger partial charge in [0.15, 0.2) is 0 Å². The highest BCUT2D eigenvalue weighted by atomic mass is 35.5. The fourth-order valence-corrected chi connectivity index (χ4v) is 3.99. The van der Waals surface area contributed by atoms with Gasteiger partial charge in [0.1, 0.15) is 5.82 Å². The van der Waals surface area contributed by atoms with Crippen molar-refractivity contribution in [2.45, 2.75) is 26.3 Å². The number of rotatable bonds is 7. The summed E-state index contributed by atoms with van der Waals surface area (Å²) in [5.74, 6) is 0.935. The molecule has 1 N–H and O–H groups in total. The number of para-hydroxylation sites is 2. The van der Waals surface area contributed by atoms with Gasteiger partial charge in [0.05, 0.1) is 27.5 Å². The van der Waals surface area contributed by atoms with Crippen LogP contribution in [0.15, 0.2) is 66.7 Å². The Morgan fingerprint density at radius 3 is 2.58 bits per heavy atom. The van der Waals surface area contributed by atoms with Crippen LogP contribution in [0.25, 0.3) is 11.0 Å². The van der Waals surface area contributed by atoms with Crippen molar-refractivity contribution in [2.24, 2.45) is 0 Å². The minimum Gasteiger partial charge on any atom is -0.355 e. The first-order valence-corrected chi connectivity index (χ1v) is 11.0. The minimum atomic E-state index is 0.0152. The van der Waals surface area contributed by atoms with Crippen LogP contribution in [0.1, 0.15) is 22.5 Å². The molecule has 1 aromatic heterocycles. The van der Waals surface area contributed by atoms with Crippen molar-refractivity contribution in [3.8, 4) is 0 Å². The zero-order chi connectivity index (χ0) is 21.8. The summed E-state index contributed by atoms with van der Waals surface area (Å²) < 4.78 is 2.17. The van der Waals surface area contributed by atoms with Crippen LogP contribution in [0, 0.1) is 6.92 Å². The average molecular weight is 452 g/mol. The van der Waals surface area contributed by atoms with E-state index < -0.39 is 0 Å². The maximum atomic E-state index is 12.4. The van der Waals surface area contributed by atoms with Crippen LogP contribution in [0.5, 0.6) is 0 Å². The van der Waals surface area contributed by atoms with Crippen LogP contribution < -0.4 is 5.32 Å². The van der Waals surface area contributed by atoms with Gasteiger partial charge in [0, 0.05) is 19.5 Å². The molecule has 0 unspecified atom stereocenters. The Labute approximate surface area is 191 Å². The molecule has 0 saturated heterocycles. The second-order valence-corrected chi connectivity index (χ2v) is 8.37. The summed E-state index contributed by atoms with van der Waals surface area (Å²) in [6, 6.07) is 21.7. The fraction of sp³-hybridized carbons (Fsp3) is 0.200. The zero-order valence-corrected chi connectivity index (χ0v) is 18.7. The molecule has 0 saturated carbocycles. The zero-order valence-electron chi connectivity index (χ0n) is 17.2. The molecule has 0 radical (unpaired) electrons. The van der Waals surface area contributed by atoms with E-state index in [4.69, 9.17) is 28.2 Å². The Bertz CT molecular complexity index is 1230. The van der Waals surface area contributed by atoms with E-state index in [1.165, 1.54) is 0 Å². The molecule has 0 spiro atoms. The highest BCUT2D eigenvalue weighted by Crippen LogP contribution is 2.24.